The minimum absolute atomic E-state index is 0.229. The van der Waals surface area contributed by atoms with Crippen molar-refractivity contribution < 1.29 is 5.11 Å². The monoisotopic (exact) mass is 281 g/mol. The van der Waals surface area contributed by atoms with Crippen LogP contribution >= 0.6 is 0 Å². The lowest BCUT2D eigenvalue weighted by Crippen LogP contribution is -2.50. The summed E-state index contributed by atoms with van der Waals surface area (Å²) in [5.74, 6) is 1.43. The highest BCUT2D eigenvalue weighted by atomic mass is 16.3. The molecule has 3 unspecified atom stereocenters. The molecule has 20 heavy (non-hydrogen) atoms. The van der Waals surface area contributed by atoms with E-state index in [0.717, 1.165) is 32.5 Å². The quantitative estimate of drug-likeness (QED) is 0.699. The molecular formula is C16H31N3O. The molecule has 0 aromatic heterocycles. The number of aliphatic hydroxyl groups excluding tert-OH is 1. The Hall–Kier alpha value is -0.630. The van der Waals surface area contributed by atoms with Crippen LogP contribution in [0.1, 0.15) is 40.5 Å². The summed E-state index contributed by atoms with van der Waals surface area (Å²) < 4.78 is 0. The van der Waals surface area contributed by atoms with Gasteiger partial charge in [0.25, 0.3) is 0 Å². The van der Waals surface area contributed by atoms with Crippen molar-refractivity contribution in [3.8, 4) is 6.07 Å². The molecule has 1 rings (SSSR count). The first-order valence-corrected chi connectivity index (χ1v) is 7.93. The van der Waals surface area contributed by atoms with Crippen LogP contribution < -0.4 is 5.32 Å². The molecule has 0 aliphatic carbocycles. The Kier molecular flexibility index (Phi) is 7.50. The number of aliphatic hydroxyl groups is 1. The predicted molar refractivity (Wildman–Crippen MR) is 82.3 cm³/mol. The molecule has 1 fully saturated rings. The molecule has 0 saturated carbocycles. The summed E-state index contributed by atoms with van der Waals surface area (Å²) in [5, 5.41) is 22.6. The van der Waals surface area contributed by atoms with Crippen molar-refractivity contribution in [2.24, 2.45) is 17.8 Å². The van der Waals surface area contributed by atoms with Gasteiger partial charge in [-0.1, -0.05) is 27.7 Å². The molecule has 0 aromatic rings. The second-order valence-electron chi connectivity index (χ2n) is 7.00. The Labute approximate surface area is 124 Å². The van der Waals surface area contributed by atoms with Crippen LogP contribution in [0.4, 0.5) is 0 Å². The van der Waals surface area contributed by atoms with E-state index in [1.165, 1.54) is 0 Å². The van der Waals surface area contributed by atoms with Crippen LogP contribution in [-0.4, -0.2) is 48.3 Å². The molecule has 2 N–H and O–H groups in total. The van der Waals surface area contributed by atoms with Gasteiger partial charge < -0.3 is 10.4 Å². The molecule has 0 bridgehead atoms. The van der Waals surface area contributed by atoms with Crippen molar-refractivity contribution in [1.82, 2.24) is 10.2 Å². The number of nitrogens with one attached hydrogen (secondary N) is 1. The Morgan fingerprint density at radius 2 is 2.00 bits per heavy atom. The van der Waals surface area contributed by atoms with Crippen molar-refractivity contribution in [2.45, 2.75) is 52.7 Å². The molecular weight excluding hydrogens is 250 g/mol. The lowest BCUT2D eigenvalue weighted by molar-refractivity contribution is 0.0650. The molecule has 0 spiro atoms. The largest absolute Gasteiger partial charge is 0.393 e. The van der Waals surface area contributed by atoms with E-state index in [-0.39, 0.29) is 6.10 Å². The van der Waals surface area contributed by atoms with Crippen LogP contribution in [0, 0.1) is 29.1 Å². The van der Waals surface area contributed by atoms with Gasteiger partial charge in [0.05, 0.1) is 18.7 Å². The molecule has 116 valence electrons. The van der Waals surface area contributed by atoms with Crippen molar-refractivity contribution >= 4 is 0 Å². The van der Waals surface area contributed by atoms with Crippen molar-refractivity contribution in [2.75, 3.05) is 26.2 Å². The number of hydrogen-bond acceptors (Lipinski definition) is 4. The SMILES string of the molecule is CC(C)CNC1CC(CC(O)C(C)C)CN(CC#N)C1. The summed E-state index contributed by atoms with van der Waals surface area (Å²) in [6.07, 6.45) is 1.73. The van der Waals surface area contributed by atoms with E-state index in [2.05, 4.69) is 44.0 Å². The Morgan fingerprint density at radius 1 is 1.30 bits per heavy atom. The average molecular weight is 281 g/mol. The lowest BCUT2D eigenvalue weighted by atomic mass is 9.86. The van der Waals surface area contributed by atoms with Crippen LogP contribution in [0.5, 0.6) is 0 Å². The highest BCUT2D eigenvalue weighted by Gasteiger charge is 2.28. The van der Waals surface area contributed by atoms with Crippen molar-refractivity contribution in [3.05, 3.63) is 0 Å². The second kappa shape index (κ2) is 8.61. The smallest absolute Gasteiger partial charge is 0.0866 e. The standard InChI is InChI=1S/C16H31N3O/c1-12(2)9-18-15-7-14(8-16(20)13(3)4)10-19(11-15)6-5-17/h12-16,18,20H,6-11H2,1-4H3. The lowest BCUT2D eigenvalue weighted by Gasteiger charge is -2.38. The van der Waals surface area contributed by atoms with E-state index in [9.17, 15) is 5.11 Å². The van der Waals surface area contributed by atoms with Gasteiger partial charge in [-0.15, -0.1) is 0 Å². The van der Waals surface area contributed by atoms with E-state index < -0.39 is 0 Å². The van der Waals surface area contributed by atoms with E-state index >= 15 is 0 Å². The van der Waals surface area contributed by atoms with Gasteiger partial charge >= 0.3 is 0 Å². The zero-order valence-corrected chi connectivity index (χ0v) is 13.5. The summed E-state index contributed by atoms with van der Waals surface area (Å²) in [6, 6.07) is 2.70. The normalized spacial score (nSPS) is 25.9. The molecule has 0 aromatic carbocycles. The van der Waals surface area contributed by atoms with Crippen LogP contribution in [0.3, 0.4) is 0 Å². The summed E-state index contributed by atoms with van der Waals surface area (Å²) in [6.45, 7) is 12.0. The molecule has 0 amide bonds. The Balaban J connectivity index is 2.53. The fourth-order valence-corrected chi connectivity index (χ4v) is 2.87. The molecule has 1 heterocycles. The minimum atomic E-state index is -0.229. The number of nitriles is 1. The van der Waals surface area contributed by atoms with Gasteiger partial charge in [-0.05, 0) is 37.1 Å². The van der Waals surface area contributed by atoms with Crippen LogP contribution in [0.2, 0.25) is 0 Å². The molecule has 4 heteroatoms. The van der Waals surface area contributed by atoms with E-state index in [0.29, 0.717) is 30.3 Å². The zero-order valence-electron chi connectivity index (χ0n) is 13.5. The molecule has 1 aliphatic heterocycles. The van der Waals surface area contributed by atoms with Gasteiger partial charge in [0.1, 0.15) is 0 Å². The number of piperidine rings is 1. The topological polar surface area (TPSA) is 59.3 Å². The summed E-state index contributed by atoms with van der Waals surface area (Å²) in [4.78, 5) is 2.22. The van der Waals surface area contributed by atoms with Crippen LogP contribution in [-0.2, 0) is 0 Å². The zero-order chi connectivity index (χ0) is 15.1. The average Bonchev–Trinajstić information content (AvgIpc) is 2.36. The fourth-order valence-electron chi connectivity index (χ4n) is 2.87. The van der Waals surface area contributed by atoms with Crippen molar-refractivity contribution in [3.63, 3.8) is 0 Å². The first kappa shape index (κ1) is 17.4. The van der Waals surface area contributed by atoms with Gasteiger partial charge in [0.2, 0.25) is 0 Å². The van der Waals surface area contributed by atoms with Crippen LogP contribution in [0.25, 0.3) is 0 Å². The van der Waals surface area contributed by atoms with Gasteiger partial charge in [0, 0.05) is 19.1 Å². The first-order chi connectivity index (χ1) is 9.42. The maximum absolute atomic E-state index is 10.1. The molecule has 0 radical (unpaired) electrons. The van der Waals surface area contributed by atoms with Gasteiger partial charge in [0.15, 0.2) is 0 Å². The first-order valence-electron chi connectivity index (χ1n) is 7.93. The maximum Gasteiger partial charge on any atom is 0.0866 e. The van der Waals surface area contributed by atoms with Gasteiger partial charge in [-0.3, -0.25) is 4.90 Å². The number of hydrogen-bond donors (Lipinski definition) is 2. The highest BCUT2D eigenvalue weighted by molar-refractivity contribution is 4.89. The number of nitrogens with zero attached hydrogens (tertiary/aromatic N) is 2. The van der Waals surface area contributed by atoms with Gasteiger partial charge in [-0.2, -0.15) is 5.26 Å². The molecule has 3 atom stereocenters. The molecule has 4 nitrogen and oxygen atoms in total. The Bertz CT molecular complexity index is 311. The number of rotatable bonds is 7. The number of likely N-dealkylation sites (tertiary alicyclic amines) is 1. The minimum Gasteiger partial charge on any atom is -0.393 e. The third kappa shape index (κ3) is 6.21. The predicted octanol–water partition coefficient (Wildman–Crippen LogP) is 1.85. The maximum atomic E-state index is 10.1. The summed E-state index contributed by atoms with van der Waals surface area (Å²) in [7, 11) is 0. The van der Waals surface area contributed by atoms with E-state index in [1.807, 2.05) is 0 Å². The summed E-state index contributed by atoms with van der Waals surface area (Å²) in [5.41, 5.74) is 0. The molecule has 1 saturated heterocycles. The third-order valence-corrected chi connectivity index (χ3v) is 4.07. The summed E-state index contributed by atoms with van der Waals surface area (Å²) >= 11 is 0. The highest BCUT2D eigenvalue weighted by Crippen LogP contribution is 2.23. The van der Waals surface area contributed by atoms with Crippen LogP contribution in [0.15, 0.2) is 0 Å². The third-order valence-electron chi connectivity index (χ3n) is 4.07. The van der Waals surface area contributed by atoms with E-state index in [1.54, 1.807) is 0 Å². The fraction of sp³-hybridized carbons (Fsp3) is 0.938. The van der Waals surface area contributed by atoms with Crippen molar-refractivity contribution in [1.29, 1.82) is 5.26 Å². The van der Waals surface area contributed by atoms with Gasteiger partial charge in [-0.25, -0.2) is 0 Å². The Morgan fingerprint density at radius 3 is 2.55 bits per heavy atom. The van der Waals surface area contributed by atoms with E-state index in [4.69, 9.17) is 5.26 Å². The molecule has 1 aliphatic rings. The second-order valence-corrected chi connectivity index (χ2v) is 7.00.